The smallest absolute Gasteiger partial charge is 0.317 e. The van der Waals surface area contributed by atoms with Crippen LogP contribution in [0.4, 0.5) is 0 Å². The second-order valence-electron chi connectivity index (χ2n) is 9.90. The summed E-state index contributed by atoms with van der Waals surface area (Å²) in [5.74, 6) is 4.22. The Morgan fingerprint density at radius 3 is 1.47 bits per heavy atom. The Balaban J connectivity index is 1.97. The van der Waals surface area contributed by atoms with E-state index in [1.165, 1.54) is 0 Å². The quantitative estimate of drug-likeness (QED) is 0.293. The highest BCUT2D eigenvalue weighted by Gasteiger charge is 2.21. The number of carbonyl (C=O) groups excluding carboxylic acids is 1. The van der Waals surface area contributed by atoms with Gasteiger partial charge < -0.3 is 24.9 Å². The molecule has 0 atom stereocenters. The van der Waals surface area contributed by atoms with E-state index < -0.39 is 11.9 Å². The van der Waals surface area contributed by atoms with E-state index in [0.29, 0.717) is 65.3 Å². The van der Waals surface area contributed by atoms with Crippen LogP contribution < -0.4 is 5.84 Å². The van der Waals surface area contributed by atoms with E-state index in [4.69, 9.17) is 5.84 Å². The molecule has 1 amide bonds. The highest BCUT2D eigenvalue weighted by molar-refractivity contribution is 5.76. The highest BCUT2D eigenvalue weighted by Crippen LogP contribution is 2.07. The third-order valence-corrected chi connectivity index (χ3v) is 7.01. The van der Waals surface area contributed by atoms with Crippen LogP contribution >= 0.6 is 0 Å². The molecule has 0 aromatic carbocycles. The molecule has 2 rings (SSSR count). The molecule has 0 saturated carbocycles. The minimum absolute atomic E-state index is 0.0387. The first-order valence-electron chi connectivity index (χ1n) is 13.4. The minimum atomic E-state index is -0.882. The van der Waals surface area contributed by atoms with Crippen molar-refractivity contribution >= 4 is 17.8 Å². The number of piperazine rings is 1. The number of nitrogens with zero attached hydrogens (tertiary/aromatic N) is 6. The second-order valence-corrected chi connectivity index (χ2v) is 9.90. The molecule has 0 aromatic rings. The van der Waals surface area contributed by atoms with Gasteiger partial charge >= 0.3 is 11.9 Å². The summed E-state index contributed by atoms with van der Waals surface area (Å²) >= 11 is 0. The van der Waals surface area contributed by atoms with Crippen LogP contribution in [0, 0.1) is 0 Å². The fourth-order valence-corrected chi connectivity index (χ4v) is 4.69. The summed E-state index contributed by atoms with van der Waals surface area (Å²) in [5, 5.41) is 20.4. The van der Waals surface area contributed by atoms with Crippen molar-refractivity contribution in [1.29, 1.82) is 0 Å². The Bertz CT molecular complexity index is 675. The molecule has 0 aliphatic carbocycles. The van der Waals surface area contributed by atoms with E-state index in [1.807, 2.05) is 14.7 Å². The minimum Gasteiger partial charge on any atom is -0.480 e. The topological polar surface area (TPSA) is 137 Å². The molecule has 2 aliphatic rings. The summed E-state index contributed by atoms with van der Waals surface area (Å²) < 4.78 is 0. The lowest BCUT2D eigenvalue weighted by molar-refractivity contribution is -0.140. The van der Waals surface area contributed by atoms with Crippen molar-refractivity contribution in [1.82, 2.24) is 29.5 Å². The van der Waals surface area contributed by atoms with Crippen LogP contribution in [0.2, 0.25) is 0 Å². The summed E-state index contributed by atoms with van der Waals surface area (Å²) in [6.07, 6.45) is 3.46. The molecule has 0 bridgehead atoms. The van der Waals surface area contributed by atoms with Crippen LogP contribution in [0.25, 0.3) is 0 Å². The van der Waals surface area contributed by atoms with Crippen molar-refractivity contribution in [2.75, 3.05) is 105 Å². The monoisotopic (exact) mass is 513 g/mol. The summed E-state index contributed by atoms with van der Waals surface area (Å²) in [6, 6.07) is 0. The van der Waals surface area contributed by atoms with E-state index in [0.717, 1.165) is 52.0 Å². The lowest BCUT2D eigenvalue weighted by atomic mass is 10.2. The van der Waals surface area contributed by atoms with Crippen molar-refractivity contribution in [2.45, 2.75) is 32.6 Å². The number of nitrogens with two attached hydrogens (primary N) is 1. The van der Waals surface area contributed by atoms with Crippen molar-refractivity contribution in [3.05, 3.63) is 0 Å². The number of carboxylic acids is 2. The number of aliphatic carboxylic acids is 2. The number of carboxylic acid groups (broad SMARTS) is 2. The predicted molar refractivity (Wildman–Crippen MR) is 138 cm³/mol. The number of hydrazine groups is 1. The Kier molecular flexibility index (Phi) is 14.2. The molecular formula is C24H47N7O5. The largest absolute Gasteiger partial charge is 0.480 e. The first kappa shape index (κ1) is 30.4. The van der Waals surface area contributed by atoms with Gasteiger partial charge in [-0.25, -0.2) is 5.01 Å². The Hall–Kier alpha value is -1.83. The maximum absolute atomic E-state index is 12.6. The fourth-order valence-electron chi connectivity index (χ4n) is 4.69. The van der Waals surface area contributed by atoms with Crippen LogP contribution in [-0.4, -0.2) is 162 Å². The third kappa shape index (κ3) is 12.4. The molecule has 4 N–H and O–H groups in total. The van der Waals surface area contributed by atoms with Gasteiger partial charge in [0.25, 0.3) is 0 Å². The van der Waals surface area contributed by atoms with E-state index >= 15 is 0 Å². The molecule has 12 heteroatoms. The molecule has 0 aromatic heterocycles. The van der Waals surface area contributed by atoms with Gasteiger partial charge in [-0.05, 0) is 25.9 Å². The number of unbranched alkanes of at least 4 members (excludes halogenated alkanes) is 1. The van der Waals surface area contributed by atoms with Crippen LogP contribution in [0.15, 0.2) is 0 Å². The van der Waals surface area contributed by atoms with Gasteiger partial charge in [0, 0.05) is 85.0 Å². The fraction of sp³-hybridized carbons (Fsp3) is 0.875. The highest BCUT2D eigenvalue weighted by atomic mass is 16.4. The normalized spacial score (nSPS) is 21.1. The van der Waals surface area contributed by atoms with Crippen molar-refractivity contribution in [2.24, 2.45) is 5.84 Å². The lowest BCUT2D eigenvalue weighted by Crippen LogP contribution is -2.51. The molecule has 0 spiro atoms. The van der Waals surface area contributed by atoms with Gasteiger partial charge in [-0.2, -0.15) is 0 Å². The van der Waals surface area contributed by atoms with Crippen molar-refractivity contribution < 1.29 is 24.6 Å². The molecule has 36 heavy (non-hydrogen) atoms. The second kappa shape index (κ2) is 16.8. The first-order valence-corrected chi connectivity index (χ1v) is 13.4. The van der Waals surface area contributed by atoms with Crippen LogP contribution in [-0.2, 0) is 14.4 Å². The van der Waals surface area contributed by atoms with Gasteiger partial charge in [0.15, 0.2) is 0 Å². The maximum atomic E-state index is 12.6. The molecule has 208 valence electrons. The summed E-state index contributed by atoms with van der Waals surface area (Å²) in [7, 11) is 0. The van der Waals surface area contributed by atoms with Crippen molar-refractivity contribution in [3.63, 3.8) is 0 Å². The van der Waals surface area contributed by atoms with Crippen molar-refractivity contribution in [3.8, 4) is 0 Å². The van der Waals surface area contributed by atoms with E-state index in [-0.39, 0.29) is 19.0 Å². The van der Waals surface area contributed by atoms with Crippen LogP contribution in [0.1, 0.15) is 32.6 Å². The molecule has 0 unspecified atom stereocenters. The average Bonchev–Trinajstić information content (AvgIpc) is 2.82. The molecule has 2 aliphatic heterocycles. The lowest BCUT2D eigenvalue weighted by Gasteiger charge is -2.34. The molecule has 2 saturated heterocycles. The van der Waals surface area contributed by atoms with Gasteiger partial charge in [0.1, 0.15) is 0 Å². The molecular weight excluding hydrogens is 466 g/mol. The standard InChI is InChI=1S/C24H47N7O5/c1-2-3-6-26-8-9-27(7-4-5-22(32)30-16-18-31(25)19-17-30)11-13-29(21-24(35)36)15-14-28(12-10-26)20-23(33)34/h2-21,25H2,1H3,(H,33,34)(H,35,36). The average molecular weight is 514 g/mol. The number of carbonyl (C=O) groups is 3. The SMILES string of the molecule is CCCCN1CCN(CCCC(=O)N2CCN(N)CC2)CCN(CC(=O)O)CCN(CC(=O)O)CC1. The summed E-state index contributed by atoms with van der Waals surface area (Å²) in [4.78, 5) is 45.8. The van der Waals surface area contributed by atoms with E-state index in [1.54, 1.807) is 5.01 Å². The third-order valence-electron chi connectivity index (χ3n) is 7.01. The van der Waals surface area contributed by atoms with Crippen LogP contribution in [0.5, 0.6) is 0 Å². The maximum Gasteiger partial charge on any atom is 0.317 e. The zero-order valence-corrected chi connectivity index (χ0v) is 22.0. The Labute approximate surface area is 215 Å². The van der Waals surface area contributed by atoms with Crippen LogP contribution in [0.3, 0.4) is 0 Å². The summed E-state index contributed by atoms with van der Waals surface area (Å²) in [5.41, 5.74) is 0. The molecule has 0 radical (unpaired) electrons. The first-order chi connectivity index (χ1) is 17.3. The number of hydrogen-bond acceptors (Lipinski definition) is 9. The van der Waals surface area contributed by atoms with Gasteiger partial charge in [0.2, 0.25) is 5.91 Å². The van der Waals surface area contributed by atoms with Gasteiger partial charge in [-0.15, -0.1) is 0 Å². The van der Waals surface area contributed by atoms with Gasteiger partial charge in [0.05, 0.1) is 13.1 Å². The van der Waals surface area contributed by atoms with E-state index in [9.17, 15) is 24.6 Å². The van der Waals surface area contributed by atoms with Gasteiger partial charge in [-0.3, -0.25) is 30.0 Å². The Morgan fingerprint density at radius 1 is 0.639 bits per heavy atom. The number of rotatable bonds is 11. The molecule has 12 nitrogen and oxygen atoms in total. The molecule has 2 fully saturated rings. The Morgan fingerprint density at radius 2 is 1.06 bits per heavy atom. The van der Waals surface area contributed by atoms with Gasteiger partial charge in [-0.1, -0.05) is 13.3 Å². The van der Waals surface area contributed by atoms with E-state index in [2.05, 4.69) is 16.7 Å². The number of hydrogen-bond donors (Lipinski definition) is 3. The zero-order chi connectivity index (χ0) is 26.3. The number of amides is 1. The zero-order valence-electron chi connectivity index (χ0n) is 22.0. The summed E-state index contributed by atoms with van der Waals surface area (Å²) in [6.45, 7) is 12.0. The predicted octanol–water partition coefficient (Wildman–Crippen LogP) is -1.02. The molecule has 2 heterocycles.